The molecular weight excluding hydrogens is 299 g/mol. The van der Waals surface area contributed by atoms with Gasteiger partial charge in [0.25, 0.3) is 0 Å². The Morgan fingerprint density at radius 2 is 0.762 bits per heavy atom. The van der Waals surface area contributed by atoms with Gasteiger partial charge in [0.15, 0.2) is 0 Å². The molecule has 0 aromatic rings. The summed E-state index contributed by atoms with van der Waals surface area (Å²) >= 11 is 0. The molecule has 21 heavy (non-hydrogen) atoms. The summed E-state index contributed by atoms with van der Waals surface area (Å²) in [5, 5.41) is 35.0. The molecule has 0 aliphatic rings. The Balaban J connectivity index is -0.0000000533. The molecule has 1 N–H and O–H groups in total. The summed E-state index contributed by atoms with van der Waals surface area (Å²) < 4.78 is 0. The van der Waals surface area contributed by atoms with Crippen LogP contribution in [-0.4, -0.2) is 46.3 Å². The molecule has 0 aromatic carbocycles. The Labute approximate surface area is 132 Å². The van der Waals surface area contributed by atoms with Gasteiger partial charge in [0.1, 0.15) is 0 Å². The second-order valence-corrected chi connectivity index (χ2v) is 2.11. The fourth-order valence-electron chi connectivity index (χ4n) is 0. The van der Waals surface area contributed by atoms with Crippen molar-refractivity contribution in [1.29, 1.82) is 0 Å². The molecule has 0 aliphatic heterocycles. The predicted octanol–water partition coefficient (Wildman–Crippen LogP) is -3.36. The number of carbonyl (C=O) groups excluding carboxylic acids is 3. The van der Waals surface area contributed by atoms with Gasteiger partial charge in [-0.2, -0.15) is 0 Å². The summed E-state index contributed by atoms with van der Waals surface area (Å²) in [7, 11) is 0. The first-order chi connectivity index (χ1) is 9.08. The Morgan fingerprint density at radius 1 is 0.667 bits per heavy atom. The molecule has 0 unspecified atom stereocenters. The molecule has 112 valence electrons. The third-order valence-corrected chi connectivity index (χ3v) is 0.675. The van der Waals surface area contributed by atoms with Gasteiger partial charge in [-0.25, -0.2) is 4.79 Å². The summed E-state index contributed by atoms with van der Waals surface area (Å²) in [5.41, 5.74) is 0. The van der Waals surface area contributed by atoms with Crippen molar-refractivity contribution in [2.24, 2.45) is 0 Å². The normalized spacial score (nSPS) is 6.10. The van der Waals surface area contributed by atoms with Crippen LogP contribution in [0.2, 0.25) is 0 Å². The van der Waals surface area contributed by atoms with E-state index in [9.17, 15) is 4.79 Å². The van der Waals surface area contributed by atoms with Crippen LogP contribution in [0.5, 0.6) is 0 Å². The van der Waals surface area contributed by atoms with Crippen LogP contribution in [0.4, 0.5) is 0 Å². The Kier molecular flexibility index (Phi) is 38.5. The van der Waals surface area contributed by atoms with Crippen molar-refractivity contribution in [3.63, 3.8) is 0 Å². The molecule has 0 radical (unpaired) electrons. The molecule has 0 spiro atoms. The van der Waals surface area contributed by atoms with Gasteiger partial charge in [-0.3, -0.25) is 0 Å². The van der Waals surface area contributed by atoms with E-state index >= 15 is 0 Å². The molecule has 9 heteroatoms. The summed E-state index contributed by atoms with van der Waals surface area (Å²) in [5.74, 6) is -4.68. The van der Waals surface area contributed by atoms with Crippen LogP contribution in [0, 0.1) is 0 Å². The van der Waals surface area contributed by atoms with E-state index in [1.165, 1.54) is 0 Å². The number of rotatable bonds is 4. The van der Waals surface area contributed by atoms with Gasteiger partial charge in [0.05, 0.1) is 17.9 Å². The van der Waals surface area contributed by atoms with Crippen molar-refractivity contribution in [3.8, 4) is 0 Å². The molecular formula is C12H13AlO8. The summed E-state index contributed by atoms with van der Waals surface area (Å²) in [6, 6.07) is 0. The van der Waals surface area contributed by atoms with Gasteiger partial charge in [-0.1, -0.05) is 26.3 Å². The van der Waals surface area contributed by atoms with Crippen molar-refractivity contribution in [1.82, 2.24) is 0 Å². The first-order valence-electron chi connectivity index (χ1n) is 4.44. The standard InChI is InChI=1S/4C3H4O2.Al/c4*1-2-3(4)5;/h4*2H,1H2,(H,4,5);/q;;;;+3/p-3. The summed E-state index contributed by atoms with van der Waals surface area (Å²) in [6.07, 6.45) is 3.00. The van der Waals surface area contributed by atoms with Crippen LogP contribution >= 0.6 is 0 Å². The van der Waals surface area contributed by atoms with Gasteiger partial charge >= 0.3 is 23.3 Å². The topological polar surface area (TPSA) is 158 Å². The first kappa shape index (κ1) is 31.0. The number of hydrogen-bond donors (Lipinski definition) is 1. The minimum atomic E-state index is -1.23. The molecule has 0 atom stereocenters. The van der Waals surface area contributed by atoms with E-state index in [0.717, 1.165) is 24.3 Å². The SMILES string of the molecule is C=CC(=O)O.C=CC(=O)[O-].C=CC(=O)[O-].C=CC(=O)[O-].[Al+3]. The van der Waals surface area contributed by atoms with Crippen LogP contribution in [0.25, 0.3) is 0 Å². The minimum Gasteiger partial charge on any atom is -0.545 e. The third-order valence-electron chi connectivity index (χ3n) is 0.675. The van der Waals surface area contributed by atoms with Crippen molar-refractivity contribution in [3.05, 3.63) is 50.6 Å². The molecule has 0 bridgehead atoms. The molecule has 0 saturated heterocycles. The minimum absolute atomic E-state index is 0. The Morgan fingerprint density at radius 3 is 0.762 bits per heavy atom. The van der Waals surface area contributed by atoms with Crippen LogP contribution in [0.1, 0.15) is 0 Å². The molecule has 0 fully saturated rings. The number of carbonyl (C=O) groups is 4. The zero-order valence-corrected chi connectivity index (χ0v) is 12.2. The Bertz CT molecular complexity index is 301. The molecule has 0 aliphatic carbocycles. The Hall–Kier alpha value is -2.63. The summed E-state index contributed by atoms with van der Waals surface area (Å²) in [6.45, 7) is 11.7. The molecule has 0 heterocycles. The van der Waals surface area contributed by atoms with Crippen LogP contribution < -0.4 is 15.3 Å². The second kappa shape index (κ2) is 26.0. The van der Waals surface area contributed by atoms with Gasteiger partial charge in [0, 0.05) is 6.08 Å². The van der Waals surface area contributed by atoms with E-state index in [4.69, 9.17) is 34.8 Å². The van der Waals surface area contributed by atoms with Crippen molar-refractivity contribution >= 4 is 41.2 Å². The van der Waals surface area contributed by atoms with E-state index < -0.39 is 23.9 Å². The average molecular weight is 312 g/mol. The van der Waals surface area contributed by atoms with E-state index in [1.54, 1.807) is 0 Å². The summed E-state index contributed by atoms with van der Waals surface area (Å²) in [4.78, 5) is 36.7. The number of carboxylic acid groups (broad SMARTS) is 4. The van der Waals surface area contributed by atoms with E-state index in [0.29, 0.717) is 0 Å². The molecule has 0 rings (SSSR count). The zero-order chi connectivity index (χ0) is 17.1. The predicted molar refractivity (Wildman–Crippen MR) is 69.2 cm³/mol. The smallest absolute Gasteiger partial charge is 0.545 e. The fraction of sp³-hybridized carbons (Fsp3) is 0. The monoisotopic (exact) mass is 312 g/mol. The molecule has 8 nitrogen and oxygen atoms in total. The van der Waals surface area contributed by atoms with Gasteiger partial charge in [-0.05, 0) is 18.2 Å². The van der Waals surface area contributed by atoms with E-state index in [1.807, 2.05) is 0 Å². The van der Waals surface area contributed by atoms with Crippen LogP contribution in [0.15, 0.2) is 50.6 Å². The maximum absolute atomic E-state index is 9.25. The van der Waals surface area contributed by atoms with E-state index in [2.05, 4.69) is 26.3 Å². The number of aliphatic carboxylic acids is 4. The van der Waals surface area contributed by atoms with Gasteiger partial charge in [0.2, 0.25) is 0 Å². The van der Waals surface area contributed by atoms with Gasteiger partial charge in [-0.15, -0.1) is 0 Å². The zero-order valence-electron chi connectivity index (χ0n) is 11.0. The maximum Gasteiger partial charge on any atom is 3.00 e. The largest absolute Gasteiger partial charge is 3.00 e. The first-order valence-corrected chi connectivity index (χ1v) is 4.44. The number of carboxylic acids is 4. The second-order valence-electron chi connectivity index (χ2n) is 2.11. The molecule has 0 aromatic heterocycles. The molecule has 0 amide bonds. The van der Waals surface area contributed by atoms with Crippen LogP contribution in [-0.2, 0) is 19.2 Å². The fourth-order valence-corrected chi connectivity index (χ4v) is 0. The van der Waals surface area contributed by atoms with E-state index in [-0.39, 0.29) is 17.4 Å². The maximum atomic E-state index is 9.25. The van der Waals surface area contributed by atoms with Crippen molar-refractivity contribution in [2.75, 3.05) is 0 Å². The van der Waals surface area contributed by atoms with Crippen molar-refractivity contribution < 1.29 is 39.6 Å². The average Bonchev–Trinajstić information content (AvgIpc) is 2.40. The third kappa shape index (κ3) is 142. The quantitative estimate of drug-likeness (QED) is 0.416. The van der Waals surface area contributed by atoms with Crippen LogP contribution in [0.3, 0.4) is 0 Å². The van der Waals surface area contributed by atoms with Crippen molar-refractivity contribution in [2.45, 2.75) is 0 Å². The number of hydrogen-bond acceptors (Lipinski definition) is 7. The molecule has 0 saturated carbocycles. The van der Waals surface area contributed by atoms with Gasteiger partial charge < -0.3 is 34.8 Å².